The minimum absolute atomic E-state index is 0.129. The molecule has 31 heavy (non-hydrogen) atoms. The van der Waals surface area contributed by atoms with Crippen molar-refractivity contribution in [3.63, 3.8) is 0 Å². The fourth-order valence-corrected chi connectivity index (χ4v) is 3.68. The number of aryl methyl sites for hydroxylation is 3. The zero-order chi connectivity index (χ0) is 22.3. The molecule has 0 saturated carbocycles. The number of phenolic OH excluding ortho intramolecular Hbond substituents is 1. The molecule has 8 nitrogen and oxygen atoms in total. The molecule has 0 saturated heterocycles. The summed E-state index contributed by atoms with van der Waals surface area (Å²) in [6.45, 7) is 10.6. The molecule has 0 bridgehead atoms. The molecule has 4 rings (SSSR count). The normalized spacial score (nSPS) is 11.4. The Hall–Kier alpha value is -3.68. The summed E-state index contributed by atoms with van der Waals surface area (Å²) in [6.07, 6.45) is 5.17. The number of carbonyl (C=O) groups excluding carboxylic acids is 1. The van der Waals surface area contributed by atoms with Gasteiger partial charge in [-0.3, -0.25) is 9.48 Å². The molecule has 0 aliphatic rings. The van der Waals surface area contributed by atoms with E-state index in [1.54, 1.807) is 16.8 Å². The Labute approximate surface area is 180 Å². The van der Waals surface area contributed by atoms with Crippen LogP contribution in [0.25, 0.3) is 16.9 Å². The summed E-state index contributed by atoms with van der Waals surface area (Å²) < 4.78 is 3.54. The molecule has 0 atom stereocenters. The molecule has 0 spiro atoms. The fraction of sp³-hybridized carbons (Fsp3) is 0.304. The highest BCUT2D eigenvalue weighted by Crippen LogP contribution is 2.31. The number of hydrogen-bond donors (Lipinski definition) is 2. The lowest BCUT2D eigenvalue weighted by molar-refractivity contribution is 0.102. The number of amides is 1. The summed E-state index contributed by atoms with van der Waals surface area (Å²) in [5.41, 5.74) is 5.72. The molecule has 0 unspecified atom stereocenters. The van der Waals surface area contributed by atoms with Crippen molar-refractivity contribution in [2.75, 3.05) is 5.32 Å². The van der Waals surface area contributed by atoms with Gasteiger partial charge in [-0.25, -0.2) is 9.50 Å². The van der Waals surface area contributed by atoms with Crippen molar-refractivity contribution >= 4 is 17.2 Å². The first-order chi connectivity index (χ1) is 14.8. The Morgan fingerprint density at radius 1 is 1.26 bits per heavy atom. The zero-order valence-electron chi connectivity index (χ0n) is 18.3. The van der Waals surface area contributed by atoms with Crippen LogP contribution < -0.4 is 5.32 Å². The maximum atomic E-state index is 13.1. The summed E-state index contributed by atoms with van der Waals surface area (Å²) in [6, 6.07) is 5.36. The molecule has 0 radical (unpaired) electrons. The Morgan fingerprint density at radius 2 is 2.03 bits per heavy atom. The molecule has 0 aliphatic carbocycles. The summed E-state index contributed by atoms with van der Waals surface area (Å²) in [5, 5.41) is 22.1. The van der Waals surface area contributed by atoms with Gasteiger partial charge in [-0.2, -0.15) is 10.2 Å². The predicted molar refractivity (Wildman–Crippen MR) is 120 cm³/mol. The summed E-state index contributed by atoms with van der Waals surface area (Å²) in [4.78, 5) is 17.5. The van der Waals surface area contributed by atoms with E-state index in [0.29, 0.717) is 16.9 Å². The number of benzene rings is 1. The van der Waals surface area contributed by atoms with Gasteiger partial charge < -0.3 is 10.4 Å². The van der Waals surface area contributed by atoms with Gasteiger partial charge in [0, 0.05) is 30.2 Å². The molecule has 160 valence electrons. The van der Waals surface area contributed by atoms with Gasteiger partial charge in [0.15, 0.2) is 5.65 Å². The number of carbonyl (C=O) groups is 1. The Balaban J connectivity index is 1.72. The lowest BCUT2D eigenvalue weighted by Gasteiger charge is -2.14. The molecule has 4 aromatic rings. The van der Waals surface area contributed by atoms with Gasteiger partial charge in [-0.15, -0.1) is 0 Å². The second-order valence-electron chi connectivity index (χ2n) is 7.94. The van der Waals surface area contributed by atoms with E-state index in [-0.39, 0.29) is 17.6 Å². The van der Waals surface area contributed by atoms with E-state index in [4.69, 9.17) is 0 Å². The SMILES string of the molecule is CCn1cc(-c2ccnc3c(C(=O)Nc4cc(C(C)C)c(O)cc4C)cnn23)c(C)n1. The van der Waals surface area contributed by atoms with Crippen LogP contribution in [-0.2, 0) is 6.54 Å². The maximum Gasteiger partial charge on any atom is 0.261 e. The summed E-state index contributed by atoms with van der Waals surface area (Å²) in [7, 11) is 0. The lowest BCUT2D eigenvalue weighted by Crippen LogP contribution is -2.13. The van der Waals surface area contributed by atoms with Crippen LogP contribution in [0, 0.1) is 13.8 Å². The van der Waals surface area contributed by atoms with E-state index in [9.17, 15) is 9.90 Å². The number of nitrogens with one attached hydrogen (secondary N) is 1. The third kappa shape index (κ3) is 3.65. The van der Waals surface area contributed by atoms with Crippen LogP contribution in [-0.4, -0.2) is 35.4 Å². The molecule has 1 amide bonds. The van der Waals surface area contributed by atoms with Crippen LogP contribution in [0.15, 0.2) is 36.8 Å². The van der Waals surface area contributed by atoms with Crippen molar-refractivity contribution in [2.24, 2.45) is 0 Å². The molecular formula is C23H26N6O2. The van der Waals surface area contributed by atoms with E-state index in [2.05, 4.69) is 20.5 Å². The number of hydrogen-bond acceptors (Lipinski definition) is 5. The van der Waals surface area contributed by atoms with Crippen LogP contribution in [0.1, 0.15) is 53.9 Å². The number of aromatic nitrogens is 5. The van der Waals surface area contributed by atoms with Crippen LogP contribution >= 0.6 is 0 Å². The van der Waals surface area contributed by atoms with Crippen LogP contribution in [0.5, 0.6) is 5.75 Å². The smallest absolute Gasteiger partial charge is 0.261 e. The van der Waals surface area contributed by atoms with Gasteiger partial charge in [0.25, 0.3) is 5.91 Å². The number of phenols is 1. The number of nitrogens with zero attached hydrogens (tertiary/aromatic N) is 5. The minimum atomic E-state index is -0.302. The van der Waals surface area contributed by atoms with Crippen LogP contribution in [0.2, 0.25) is 0 Å². The van der Waals surface area contributed by atoms with Gasteiger partial charge in [0.05, 0.1) is 17.6 Å². The highest BCUT2D eigenvalue weighted by Gasteiger charge is 2.19. The largest absolute Gasteiger partial charge is 0.508 e. The number of fused-ring (bicyclic) bond motifs is 1. The predicted octanol–water partition coefficient (Wildman–Crippen LogP) is 4.31. The number of aromatic hydroxyl groups is 1. The quantitative estimate of drug-likeness (QED) is 0.471. The molecule has 0 fully saturated rings. The molecule has 1 aromatic carbocycles. The molecule has 3 aromatic heterocycles. The van der Waals surface area contributed by atoms with Gasteiger partial charge in [0.1, 0.15) is 11.3 Å². The van der Waals surface area contributed by atoms with E-state index in [1.807, 2.05) is 57.6 Å². The van der Waals surface area contributed by atoms with Gasteiger partial charge in [0.2, 0.25) is 0 Å². The average Bonchev–Trinajstić information content (AvgIpc) is 3.33. The standard InChI is InChI=1S/C23H26N6O2/c1-6-28-12-18(15(5)27-28)20-7-8-24-22-17(11-25-29(20)22)23(31)26-19-10-16(13(2)3)21(30)9-14(19)4/h7-13,30H,6H2,1-5H3,(H,26,31). The van der Waals surface area contributed by atoms with E-state index >= 15 is 0 Å². The van der Waals surface area contributed by atoms with Crippen molar-refractivity contribution in [2.45, 2.75) is 47.1 Å². The Morgan fingerprint density at radius 3 is 2.71 bits per heavy atom. The minimum Gasteiger partial charge on any atom is -0.508 e. The van der Waals surface area contributed by atoms with E-state index in [1.165, 1.54) is 6.20 Å². The maximum absolute atomic E-state index is 13.1. The second kappa shape index (κ2) is 7.86. The third-order valence-electron chi connectivity index (χ3n) is 5.44. The van der Waals surface area contributed by atoms with Gasteiger partial charge in [-0.05, 0) is 56.0 Å². The van der Waals surface area contributed by atoms with E-state index < -0.39 is 0 Å². The Kier molecular flexibility index (Phi) is 5.22. The fourth-order valence-electron chi connectivity index (χ4n) is 3.68. The topological polar surface area (TPSA) is 97.3 Å². The molecule has 2 N–H and O–H groups in total. The summed E-state index contributed by atoms with van der Waals surface area (Å²) >= 11 is 0. The summed E-state index contributed by atoms with van der Waals surface area (Å²) in [5.74, 6) is 0.0599. The highest BCUT2D eigenvalue weighted by atomic mass is 16.3. The first kappa shape index (κ1) is 20.6. The number of rotatable bonds is 5. The lowest BCUT2D eigenvalue weighted by atomic mass is 9.99. The highest BCUT2D eigenvalue weighted by molar-refractivity contribution is 6.08. The van der Waals surface area contributed by atoms with Crippen molar-refractivity contribution in [1.82, 2.24) is 24.4 Å². The van der Waals surface area contributed by atoms with Crippen molar-refractivity contribution in [1.29, 1.82) is 0 Å². The van der Waals surface area contributed by atoms with Crippen LogP contribution in [0.3, 0.4) is 0 Å². The number of anilines is 1. The molecular weight excluding hydrogens is 392 g/mol. The van der Waals surface area contributed by atoms with Gasteiger partial charge >= 0.3 is 0 Å². The van der Waals surface area contributed by atoms with Gasteiger partial charge in [-0.1, -0.05) is 13.8 Å². The Bertz CT molecular complexity index is 1280. The molecule has 0 aliphatic heterocycles. The van der Waals surface area contributed by atoms with Crippen molar-refractivity contribution in [3.05, 3.63) is 59.2 Å². The third-order valence-corrected chi connectivity index (χ3v) is 5.44. The zero-order valence-corrected chi connectivity index (χ0v) is 18.3. The monoisotopic (exact) mass is 418 g/mol. The second-order valence-corrected chi connectivity index (χ2v) is 7.94. The van der Waals surface area contributed by atoms with E-state index in [0.717, 1.165) is 34.6 Å². The molecule has 3 heterocycles. The first-order valence-electron chi connectivity index (χ1n) is 10.3. The first-order valence-corrected chi connectivity index (χ1v) is 10.3. The average molecular weight is 419 g/mol. The van der Waals surface area contributed by atoms with Crippen molar-refractivity contribution in [3.8, 4) is 17.0 Å². The molecule has 8 heteroatoms. The van der Waals surface area contributed by atoms with Crippen molar-refractivity contribution < 1.29 is 9.90 Å². The van der Waals surface area contributed by atoms with Crippen LogP contribution in [0.4, 0.5) is 5.69 Å².